The van der Waals surface area contributed by atoms with Crippen molar-refractivity contribution >= 4 is 5.91 Å². The van der Waals surface area contributed by atoms with E-state index in [1.54, 1.807) is 0 Å². The predicted molar refractivity (Wildman–Crippen MR) is 70.0 cm³/mol. The maximum atomic E-state index is 11.6. The zero-order valence-electron chi connectivity index (χ0n) is 10.8. The van der Waals surface area contributed by atoms with Crippen molar-refractivity contribution in [3.05, 3.63) is 35.4 Å². The lowest BCUT2D eigenvalue weighted by molar-refractivity contribution is -0.131. The van der Waals surface area contributed by atoms with Gasteiger partial charge in [-0.3, -0.25) is 4.79 Å². The summed E-state index contributed by atoms with van der Waals surface area (Å²) < 4.78 is 0. The summed E-state index contributed by atoms with van der Waals surface area (Å²) >= 11 is 0. The van der Waals surface area contributed by atoms with Crippen LogP contribution in [0.5, 0.6) is 0 Å². The van der Waals surface area contributed by atoms with Crippen LogP contribution >= 0.6 is 0 Å². The van der Waals surface area contributed by atoms with Crippen LogP contribution < -0.4 is 0 Å². The Balaban J connectivity index is 1.95. The van der Waals surface area contributed by atoms with Crippen molar-refractivity contribution in [2.24, 2.45) is 0 Å². The molecular weight excluding hydrogens is 210 g/mol. The largest absolute Gasteiger partial charge is 0.343 e. The summed E-state index contributed by atoms with van der Waals surface area (Å²) in [6, 6.07) is 8.83. The lowest BCUT2D eigenvalue weighted by Crippen LogP contribution is -2.37. The molecule has 1 heterocycles. The first-order chi connectivity index (χ1) is 8.20. The molecule has 0 spiro atoms. The van der Waals surface area contributed by atoms with Gasteiger partial charge in [0, 0.05) is 19.5 Å². The molecule has 17 heavy (non-hydrogen) atoms. The van der Waals surface area contributed by atoms with Gasteiger partial charge in [0.2, 0.25) is 5.91 Å². The molecule has 1 fully saturated rings. The molecule has 92 valence electrons. The molecule has 1 amide bonds. The molecule has 1 aliphatic heterocycles. The van der Waals surface area contributed by atoms with Crippen molar-refractivity contribution in [2.75, 3.05) is 13.1 Å². The lowest BCUT2D eigenvalue weighted by Gasteiger charge is -2.32. The SMILES string of the molecule is CCC(=O)N1CCC(c2ccc(C)cc2)CC1. The van der Waals surface area contributed by atoms with Gasteiger partial charge in [-0.25, -0.2) is 0 Å². The van der Waals surface area contributed by atoms with Crippen LogP contribution in [0, 0.1) is 6.92 Å². The molecule has 1 aromatic rings. The van der Waals surface area contributed by atoms with Gasteiger partial charge in [-0.15, -0.1) is 0 Å². The molecule has 1 aromatic carbocycles. The standard InChI is InChI=1S/C15H21NO/c1-3-15(17)16-10-8-14(9-11-16)13-6-4-12(2)5-7-13/h4-7,14H,3,8-11H2,1-2H3. The normalized spacial score (nSPS) is 17.2. The van der Waals surface area contributed by atoms with Crippen molar-refractivity contribution in [3.8, 4) is 0 Å². The Morgan fingerprint density at radius 2 is 1.82 bits per heavy atom. The molecular formula is C15H21NO. The average molecular weight is 231 g/mol. The average Bonchev–Trinajstić information content (AvgIpc) is 2.39. The van der Waals surface area contributed by atoms with E-state index in [1.165, 1.54) is 11.1 Å². The molecule has 0 N–H and O–H groups in total. The van der Waals surface area contributed by atoms with Crippen LogP contribution in [0.15, 0.2) is 24.3 Å². The van der Waals surface area contributed by atoms with E-state index in [0.717, 1.165) is 25.9 Å². The van der Waals surface area contributed by atoms with Crippen LogP contribution in [-0.4, -0.2) is 23.9 Å². The number of piperidine rings is 1. The Labute approximate surface area is 104 Å². The van der Waals surface area contributed by atoms with Crippen LogP contribution in [0.1, 0.15) is 43.2 Å². The molecule has 0 saturated carbocycles. The first-order valence-electron chi connectivity index (χ1n) is 6.55. The Kier molecular flexibility index (Phi) is 3.82. The van der Waals surface area contributed by atoms with Crippen molar-refractivity contribution in [3.63, 3.8) is 0 Å². The highest BCUT2D eigenvalue weighted by Crippen LogP contribution is 2.28. The minimum Gasteiger partial charge on any atom is -0.343 e. The molecule has 0 radical (unpaired) electrons. The van der Waals surface area contributed by atoms with Gasteiger partial charge >= 0.3 is 0 Å². The van der Waals surface area contributed by atoms with E-state index in [4.69, 9.17) is 0 Å². The van der Waals surface area contributed by atoms with Gasteiger partial charge in [-0.2, -0.15) is 0 Å². The van der Waals surface area contributed by atoms with Gasteiger partial charge in [0.25, 0.3) is 0 Å². The zero-order chi connectivity index (χ0) is 12.3. The summed E-state index contributed by atoms with van der Waals surface area (Å²) in [5.74, 6) is 0.934. The van der Waals surface area contributed by atoms with Crippen molar-refractivity contribution in [1.29, 1.82) is 0 Å². The maximum absolute atomic E-state index is 11.6. The van der Waals surface area contributed by atoms with E-state index in [-0.39, 0.29) is 0 Å². The Morgan fingerprint density at radius 1 is 1.24 bits per heavy atom. The predicted octanol–water partition coefficient (Wildman–Crippen LogP) is 3.11. The second kappa shape index (κ2) is 5.35. The van der Waals surface area contributed by atoms with Gasteiger partial charge in [0.15, 0.2) is 0 Å². The molecule has 0 atom stereocenters. The second-order valence-corrected chi connectivity index (χ2v) is 4.92. The van der Waals surface area contributed by atoms with Crippen LogP contribution in [0.25, 0.3) is 0 Å². The number of carbonyl (C=O) groups excluding carboxylic acids is 1. The Bertz CT molecular complexity index is 374. The fourth-order valence-corrected chi connectivity index (χ4v) is 2.52. The van der Waals surface area contributed by atoms with E-state index >= 15 is 0 Å². The van der Waals surface area contributed by atoms with E-state index < -0.39 is 0 Å². The quantitative estimate of drug-likeness (QED) is 0.766. The van der Waals surface area contributed by atoms with E-state index in [2.05, 4.69) is 31.2 Å². The first-order valence-corrected chi connectivity index (χ1v) is 6.55. The van der Waals surface area contributed by atoms with E-state index in [1.807, 2.05) is 11.8 Å². The Hall–Kier alpha value is -1.31. The van der Waals surface area contributed by atoms with Gasteiger partial charge in [0.1, 0.15) is 0 Å². The minimum atomic E-state index is 0.298. The fraction of sp³-hybridized carbons (Fsp3) is 0.533. The minimum absolute atomic E-state index is 0.298. The Morgan fingerprint density at radius 3 is 2.35 bits per heavy atom. The molecule has 1 saturated heterocycles. The first kappa shape index (κ1) is 12.2. The number of carbonyl (C=O) groups is 1. The van der Waals surface area contributed by atoms with Crippen LogP contribution in [0.4, 0.5) is 0 Å². The number of amides is 1. The molecule has 0 bridgehead atoms. The molecule has 2 rings (SSSR count). The lowest BCUT2D eigenvalue weighted by atomic mass is 9.89. The molecule has 0 unspecified atom stereocenters. The number of rotatable bonds is 2. The summed E-state index contributed by atoms with van der Waals surface area (Å²) in [4.78, 5) is 13.6. The maximum Gasteiger partial charge on any atom is 0.222 e. The van der Waals surface area contributed by atoms with Crippen LogP contribution in [-0.2, 0) is 4.79 Å². The summed E-state index contributed by atoms with van der Waals surface area (Å²) in [5, 5.41) is 0. The number of likely N-dealkylation sites (tertiary alicyclic amines) is 1. The van der Waals surface area contributed by atoms with E-state index in [9.17, 15) is 4.79 Å². The van der Waals surface area contributed by atoms with Gasteiger partial charge in [-0.1, -0.05) is 36.8 Å². The number of aryl methyl sites for hydroxylation is 1. The molecule has 0 aliphatic carbocycles. The highest BCUT2D eigenvalue weighted by Gasteiger charge is 2.22. The van der Waals surface area contributed by atoms with Crippen molar-refractivity contribution in [1.82, 2.24) is 4.90 Å². The highest BCUT2D eigenvalue weighted by atomic mass is 16.2. The third kappa shape index (κ3) is 2.87. The summed E-state index contributed by atoms with van der Waals surface area (Å²) in [5.41, 5.74) is 2.74. The number of nitrogens with zero attached hydrogens (tertiary/aromatic N) is 1. The topological polar surface area (TPSA) is 20.3 Å². The third-order valence-electron chi connectivity index (χ3n) is 3.70. The fourth-order valence-electron chi connectivity index (χ4n) is 2.52. The van der Waals surface area contributed by atoms with Gasteiger partial charge < -0.3 is 4.90 Å². The summed E-state index contributed by atoms with van der Waals surface area (Å²) in [6.07, 6.45) is 2.85. The zero-order valence-corrected chi connectivity index (χ0v) is 10.8. The van der Waals surface area contributed by atoms with Crippen molar-refractivity contribution in [2.45, 2.75) is 39.0 Å². The summed E-state index contributed by atoms with van der Waals surface area (Å²) in [7, 11) is 0. The summed E-state index contributed by atoms with van der Waals surface area (Å²) in [6.45, 7) is 5.90. The molecule has 2 heteroatoms. The van der Waals surface area contributed by atoms with E-state index in [0.29, 0.717) is 18.2 Å². The smallest absolute Gasteiger partial charge is 0.222 e. The van der Waals surface area contributed by atoms with Crippen molar-refractivity contribution < 1.29 is 4.79 Å². The monoisotopic (exact) mass is 231 g/mol. The van der Waals surface area contributed by atoms with Gasteiger partial charge in [0.05, 0.1) is 0 Å². The third-order valence-corrected chi connectivity index (χ3v) is 3.70. The molecule has 1 aliphatic rings. The number of hydrogen-bond acceptors (Lipinski definition) is 1. The molecule has 0 aromatic heterocycles. The number of benzene rings is 1. The molecule has 2 nitrogen and oxygen atoms in total. The number of hydrogen-bond donors (Lipinski definition) is 0. The van der Waals surface area contributed by atoms with Gasteiger partial charge in [-0.05, 0) is 31.2 Å². The second-order valence-electron chi connectivity index (χ2n) is 4.92. The van der Waals surface area contributed by atoms with Crippen LogP contribution in [0.3, 0.4) is 0 Å². The van der Waals surface area contributed by atoms with Crippen LogP contribution in [0.2, 0.25) is 0 Å². The highest BCUT2D eigenvalue weighted by molar-refractivity contribution is 5.75.